The zero-order valence-corrected chi connectivity index (χ0v) is 18.9. The van der Waals surface area contributed by atoms with Gasteiger partial charge in [0.05, 0.1) is 17.4 Å². The maximum atomic E-state index is 13.7. The highest BCUT2D eigenvalue weighted by Gasteiger charge is 2.32. The van der Waals surface area contributed by atoms with Gasteiger partial charge in [0.2, 0.25) is 10.0 Å². The largest absolute Gasteiger partial charge is 0.466 e. The Bertz CT molecular complexity index is 986. The molecule has 0 aliphatic heterocycles. The van der Waals surface area contributed by atoms with Gasteiger partial charge in [0.15, 0.2) is 0 Å². The van der Waals surface area contributed by atoms with Crippen molar-refractivity contribution in [2.24, 2.45) is 11.8 Å². The number of rotatable bonds is 8. The molecule has 2 aromatic rings. The van der Waals surface area contributed by atoms with Gasteiger partial charge in [0, 0.05) is 13.1 Å². The van der Waals surface area contributed by atoms with E-state index in [4.69, 9.17) is 4.74 Å². The Morgan fingerprint density at radius 2 is 1.77 bits per heavy atom. The van der Waals surface area contributed by atoms with Gasteiger partial charge >= 0.3 is 5.97 Å². The third-order valence-corrected chi connectivity index (χ3v) is 7.71. The number of sulfonamides is 1. The lowest BCUT2D eigenvalue weighted by Crippen LogP contribution is -2.37. The van der Waals surface area contributed by atoms with E-state index < -0.39 is 15.8 Å². The van der Waals surface area contributed by atoms with Crippen LogP contribution in [-0.4, -0.2) is 31.8 Å². The molecule has 2 aromatic carbocycles. The number of nitrogens with zero attached hydrogens (tertiary/aromatic N) is 1. The molecule has 1 saturated carbocycles. The van der Waals surface area contributed by atoms with Gasteiger partial charge in [-0.2, -0.15) is 4.31 Å². The molecule has 3 rings (SSSR count). The van der Waals surface area contributed by atoms with Gasteiger partial charge in [0.25, 0.3) is 0 Å². The van der Waals surface area contributed by atoms with Crippen molar-refractivity contribution in [1.82, 2.24) is 4.31 Å². The van der Waals surface area contributed by atoms with Crippen LogP contribution in [0.25, 0.3) is 0 Å². The van der Waals surface area contributed by atoms with Crippen LogP contribution in [0.3, 0.4) is 0 Å². The summed E-state index contributed by atoms with van der Waals surface area (Å²) < 4.78 is 47.3. The molecule has 7 heteroatoms. The van der Waals surface area contributed by atoms with Crippen molar-refractivity contribution in [2.45, 2.75) is 51.0 Å². The zero-order valence-electron chi connectivity index (χ0n) is 18.1. The topological polar surface area (TPSA) is 63.7 Å². The Balaban J connectivity index is 1.79. The summed E-state index contributed by atoms with van der Waals surface area (Å²) in [5.74, 6) is -0.525. The Labute approximate surface area is 184 Å². The zero-order chi connectivity index (χ0) is 22.4. The summed E-state index contributed by atoms with van der Waals surface area (Å²) in [7, 11) is -3.80. The van der Waals surface area contributed by atoms with E-state index in [-0.39, 0.29) is 29.2 Å². The molecular formula is C24H30FNO4S. The Morgan fingerprint density at radius 1 is 1.10 bits per heavy atom. The first kappa shape index (κ1) is 23.4. The maximum absolute atomic E-state index is 13.7. The van der Waals surface area contributed by atoms with Crippen LogP contribution in [0.15, 0.2) is 53.4 Å². The van der Waals surface area contributed by atoms with Crippen LogP contribution in [0.4, 0.5) is 4.39 Å². The van der Waals surface area contributed by atoms with Crippen molar-refractivity contribution >= 4 is 16.0 Å². The molecule has 1 fully saturated rings. The number of ether oxygens (including phenoxy) is 1. The van der Waals surface area contributed by atoms with Crippen LogP contribution in [-0.2, 0) is 26.1 Å². The first-order valence-corrected chi connectivity index (χ1v) is 12.2. The highest BCUT2D eigenvalue weighted by molar-refractivity contribution is 7.89. The molecule has 5 nitrogen and oxygen atoms in total. The molecule has 0 spiro atoms. The van der Waals surface area contributed by atoms with Crippen molar-refractivity contribution in [3.05, 3.63) is 65.5 Å². The summed E-state index contributed by atoms with van der Waals surface area (Å²) in [6.07, 6.45) is 2.95. The SMILES string of the molecule is CCOC(=O)C1CCC(CN(Cc2ccccc2)S(=O)(=O)c2ccc(F)c(C)c2)CC1. The van der Waals surface area contributed by atoms with Crippen molar-refractivity contribution in [3.63, 3.8) is 0 Å². The fraction of sp³-hybridized carbons (Fsp3) is 0.458. The van der Waals surface area contributed by atoms with Crippen molar-refractivity contribution in [2.75, 3.05) is 13.2 Å². The van der Waals surface area contributed by atoms with E-state index in [2.05, 4.69) is 0 Å². The van der Waals surface area contributed by atoms with Crippen molar-refractivity contribution in [3.8, 4) is 0 Å². The minimum Gasteiger partial charge on any atom is -0.466 e. The summed E-state index contributed by atoms with van der Waals surface area (Å²) in [6.45, 7) is 4.35. The monoisotopic (exact) mass is 447 g/mol. The molecular weight excluding hydrogens is 417 g/mol. The van der Waals surface area contributed by atoms with Gasteiger partial charge in [-0.1, -0.05) is 30.3 Å². The van der Waals surface area contributed by atoms with Crippen molar-refractivity contribution in [1.29, 1.82) is 0 Å². The second-order valence-electron chi connectivity index (χ2n) is 8.16. The van der Waals surface area contributed by atoms with Gasteiger partial charge in [-0.3, -0.25) is 4.79 Å². The molecule has 1 aliphatic rings. The van der Waals surface area contributed by atoms with E-state index in [0.717, 1.165) is 18.4 Å². The van der Waals surface area contributed by atoms with Crippen LogP contribution >= 0.6 is 0 Å². The minimum atomic E-state index is -3.80. The number of hydrogen-bond acceptors (Lipinski definition) is 4. The molecule has 0 amide bonds. The predicted octanol–water partition coefficient (Wildman–Crippen LogP) is 4.69. The fourth-order valence-electron chi connectivity index (χ4n) is 4.09. The van der Waals surface area contributed by atoms with Crippen LogP contribution in [0.5, 0.6) is 0 Å². The highest BCUT2D eigenvalue weighted by atomic mass is 32.2. The number of carbonyl (C=O) groups is 1. The summed E-state index contributed by atoms with van der Waals surface area (Å²) in [5.41, 5.74) is 1.20. The minimum absolute atomic E-state index is 0.0996. The smallest absolute Gasteiger partial charge is 0.308 e. The van der Waals surface area contributed by atoms with E-state index in [9.17, 15) is 17.6 Å². The molecule has 0 atom stereocenters. The van der Waals surface area contributed by atoms with Gasteiger partial charge < -0.3 is 4.74 Å². The van der Waals surface area contributed by atoms with E-state index in [1.165, 1.54) is 22.5 Å². The number of halogens is 1. The van der Waals surface area contributed by atoms with Crippen LogP contribution in [0, 0.1) is 24.6 Å². The molecule has 0 N–H and O–H groups in total. The van der Waals surface area contributed by atoms with Crippen LogP contribution in [0.1, 0.15) is 43.7 Å². The lowest BCUT2D eigenvalue weighted by molar-refractivity contribution is -0.149. The lowest BCUT2D eigenvalue weighted by atomic mass is 9.82. The first-order valence-electron chi connectivity index (χ1n) is 10.8. The Morgan fingerprint density at radius 3 is 2.39 bits per heavy atom. The second kappa shape index (κ2) is 10.4. The lowest BCUT2D eigenvalue weighted by Gasteiger charge is -2.31. The number of esters is 1. The van der Waals surface area contributed by atoms with Gasteiger partial charge in [-0.25, -0.2) is 12.8 Å². The van der Waals surface area contributed by atoms with Gasteiger partial charge in [-0.05, 0) is 74.8 Å². The average Bonchev–Trinajstić information content (AvgIpc) is 2.76. The highest BCUT2D eigenvalue weighted by Crippen LogP contribution is 2.32. The Kier molecular flexibility index (Phi) is 7.84. The molecule has 1 aliphatic carbocycles. The Hall–Kier alpha value is -2.25. The van der Waals surface area contributed by atoms with E-state index in [0.29, 0.717) is 31.6 Å². The predicted molar refractivity (Wildman–Crippen MR) is 117 cm³/mol. The number of aryl methyl sites for hydroxylation is 1. The quantitative estimate of drug-likeness (QED) is 0.551. The number of carbonyl (C=O) groups excluding carboxylic acids is 1. The third-order valence-electron chi connectivity index (χ3n) is 5.90. The summed E-state index contributed by atoms with van der Waals surface area (Å²) in [5, 5.41) is 0. The average molecular weight is 448 g/mol. The maximum Gasteiger partial charge on any atom is 0.308 e. The molecule has 0 aromatic heterocycles. The molecule has 31 heavy (non-hydrogen) atoms. The van der Waals surface area contributed by atoms with E-state index >= 15 is 0 Å². The van der Waals surface area contributed by atoms with Crippen LogP contribution in [0.2, 0.25) is 0 Å². The van der Waals surface area contributed by atoms with Gasteiger partial charge in [-0.15, -0.1) is 0 Å². The van der Waals surface area contributed by atoms with Crippen molar-refractivity contribution < 1.29 is 22.3 Å². The second-order valence-corrected chi connectivity index (χ2v) is 10.1. The number of benzene rings is 2. The molecule has 0 unspecified atom stereocenters. The third kappa shape index (κ3) is 5.92. The first-order chi connectivity index (χ1) is 14.8. The summed E-state index contributed by atoms with van der Waals surface area (Å²) in [4.78, 5) is 12.1. The summed E-state index contributed by atoms with van der Waals surface area (Å²) >= 11 is 0. The van der Waals surface area contributed by atoms with Crippen LogP contribution < -0.4 is 0 Å². The standard InChI is InChI=1S/C24H30FNO4S/c1-3-30-24(27)21-11-9-20(10-12-21)17-26(16-19-7-5-4-6-8-19)31(28,29)22-13-14-23(25)18(2)15-22/h4-8,13-15,20-21H,3,9-12,16-17H2,1-2H3. The number of hydrogen-bond donors (Lipinski definition) is 0. The normalized spacial score (nSPS) is 19.4. The van der Waals surface area contributed by atoms with E-state index in [1.54, 1.807) is 13.8 Å². The fourth-order valence-corrected chi connectivity index (χ4v) is 5.68. The molecule has 0 saturated heterocycles. The molecule has 0 bridgehead atoms. The van der Waals surface area contributed by atoms with E-state index in [1.807, 2.05) is 30.3 Å². The molecule has 0 heterocycles. The molecule has 168 valence electrons. The van der Waals surface area contributed by atoms with Gasteiger partial charge in [0.1, 0.15) is 5.82 Å². The summed E-state index contributed by atoms with van der Waals surface area (Å²) in [6, 6.07) is 13.4. The molecule has 0 radical (unpaired) electrons.